The van der Waals surface area contributed by atoms with Crippen LogP contribution in [0.5, 0.6) is 5.88 Å². The third-order valence-electron chi connectivity index (χ3n) is 1.52. The molecule has 8 heteroatoms. The van der Waals surface area contributed by atoms with Gasteiger partial charge in [-0.2, -0.15) is 0 Å². The zero-order valence-electron chi connectivity index (χ0n) is 7.73. The molecule has 0 bridgehead atoms. The molecular formula is C8H4ClF3INO2. The van der Waals surface area contributed by atoms with Gasteiger partial charge in [-0.05, 0) is 52.7 Å². The van der Waals surface area contributed by atoms with Crippen molar-refractivity contribution >= 4 is 39.4 Å². The Morgan fingerprint density at radius 2 is 2.12 bits per heavy atom. The molecule has 1 aromatic rings. The van der Waals surface area contributed by atoms with E-state index in [1.165, 1.54) is 13.0 Å². The molecule has 0 aliphatic rings. The van der Waals surface area contributed by atoms with E-state index in [1.54, 1.807) is 22.6 Å². The van der Waals surface area contributed by atoms with Gasteiger partial charge in [0.2, 0.25) is 5.88 Å². The Hall–Kier alpha value is -0.570. The number of nitrogens with zero attached hydrogens (tertiary/aromatic N) is 1. The van der Waals surface area contributed by atoms with Crippen LogP contribution in [0.25, 0.3) is 0 Å². The van der Waals surface area contributed by atoms with Crippen LogP contribution >= 0.6 is 34.2 Å². The van der Waals surface area contributed by atoms with Gasteiger partial charge in [0.25, 0.3) is 5.24 Å². The van der Waals surface area contributed by atoms with Gasteiger partial charge in [-0.25, -0.2) is 4.98 Å². The molecule has 1 heterocycles. The molecule has 1 aromatic heterocycles. The fourth-order valence-electron chi connectivity index (χ4n) is 0.906. The van der Waals surface area contributed by atoms with Gasteiger partial charge in [-0.15, -0.1) is 13.2 Å². The van der Waals surface area contributed by atoms with E-state index >= 15 is 0 Å². The van der Waals surface area contributed by atoms with E-state index in [0.717, 1.165) is 0 Å². The van der Waals surface area contributed by atoms with Crippen LogP contribution in [0.15, 0.2) is 6.07 Å². The first kappa shape index (κ1) is 13.5. The summed E-state index contributed by atoms with van der Waals surface area (Å²) in [5.74, 6) is -0.669. The Morgan fingerprint density at radius 1 is 1.56 bits per heavy atom. The summed E-state index contributed by atoms with van der Waals surface area (Å²) in [5.41, 5.74) is 0.151. The highest BCUT2D eigenvalue weighted by Crippen LogP contribution is 2.28. The monoisotopic (exact) mass is 365 g/mol. The predicted molar refractivity (Wildman–Crippen MR) is 58.6 cm³/mol. The standard InChI is InChI=1S/C8H4ClF3INO2/c1-3-2-4(6(9)15)14-7(5(3)13)16-8(10,11)12/h2H,1H3. The minimum Gasteiger partial charge on any atom is -0.387 e. The van der Waals surface area contributed by atoms with E-state index in [1.807, 2.05) is 0 Å². The Labute approximate surface area is 107 Å². The largest absolute Gasteiger partial charge is 0.574 e. The molecule has 0 unspecified atom stereocenters. The van der Waals surface area contributed by atoms with Crippen molar-refractivity contribution in [2.24, 2.45) is 0 Å². The first-order valence-electron chi connectivity index (χ1n) is 3.83. The summed E-state index contributed by atoms with van der Waals surface area (Å²) in [6.45, 7) is 1.52. The van der Waals surface area contributed by atoms with Crippen LogP contribution in [0.2, 0.25) is 0 Å². The van der Waals surface area contributed by atoms with Crippen LogP contribution in [0, 0.1) is 10.5 Å². The van der Waals surface area contributed by atoms with Crippen molar-refractivity contribution < 1.29 is 22.7 Å². The van der Waals surface area contributed by atoms with Crippen LogP contribution in [-0.4, -0.2) is 16.6 Å². The number of rotatable bonds is 2. The lowest BCUT2D eigenvalue weighted by molar-refractivity contribution is -0.276. The minimum absolute atomic E-state index is 0.177. The Balaban J connectivity index is 3.22. The van der Waals surface area contributed by atoms with Crippen LogP contribution < -0.4 is 4.74 Å². The van der Waals surface area contributed by atoms with E-state index in [-0.39, 0.29) is 9.26 Å². The first-order valence-corrected chi connectivity index (χ1v) is 5.29. The van der Waals surface area contributed by atoms with Gasteiger partial charge in [0.05, 0.1) is 3.57 Å². The summed E-state index contributed by atoms with van der Waals surface area (Å²) < 4.78 is 39.9. The second-order valence-electron chi connectivity index (χ2n) is 2.77. The number of pyridine rings is 1. The highest BCUT2D eigenvalue weighted by Gasteiger charge is 2.33. The maximum absolute atomic E-state index is 12.0. The maximum atomic E-state index is 12.0. The van der Waals surface area contributed by atoms with Crippen molar-refractivity contribution in [2.45, 2.75) is 13.3 Å². The molecule has 3 nitrogen and oxygen atoms in total. The molecule has 0 aromatic carbocycles. The third kappa shape index (κ3) is 3.48. The van der Waals surface area contributed by atoms with Crippen LogP contribution in [0.4, 0.5) is 13.2 Å². The number of ether oxygens (including phenoxy) is 1. The quantitative estimate of drug-likeness (QED) is 0.596. The molecule has 0 atom stereocenters. The van der Waals surface area contributed by atoms with E-state index < -0.39 is 17.5 Å². The van der Waals surface area contributed by atoms with Gasteiger partial charge in [0.1, 0.15) is 5.69 Å². The van der Waals surface area contributed by atoms with Crippen molar-refractivity contribution in [1.82, 2.24) is 4.98 Å². The minimum atomic E-state index is -4.85. The third-order valence-corrected chi connectivity index (χ3v) is 3.03. The van der Waals surface area contributed by atoms with Gasteiger partial charge >= 0.3 is 6.36 Å². The fraction of sp³-hybridized carbons (Fsp3) is 0.250. The molecule has 1 rings (SSSR count). The first-order chi connectivity index (χ1) is 7.20. The average molecular weight is 365 g/mol. The van der Waals surface area contributed by atoms with Gasteiger partial charge < -0.3 is 4.74 Å². The second kappa shape index (κ2) is 4.74. The fourth-order valence-corrected chi connectivity index (χ4v) is 1.39. The highest BCUT2D eigenvalue weighted by atomic mass is 127. The number of halogens is 5. The summed E-state index contributed by atoms with van der Waals surface area (Å²) in [6.07, 6.45) is -4.85. The topological polar surface area (TPSA) is 39.2 Å². The molecule has 16 heavy (non-hydrogen) atoms. The van der Waals surface area contributed by atoms with Crippen molar-refractivity contribution in [3.05, 3.63) is 20.9 Å². The number of hydrogen-bond donors (Lipinski definition) is 0. The SMILES string of the molecule is Cc1cc(C(=O)Cl)nc(OC(F)(F)F)c1I. The molecule has 88 valence electrons. The van der Waals surface area contributed by atoms with E-state index in [2.05, 4.69) is 9.72 Å². The lowest BCUT2D eigenvalue weighted by atomic mass is 10.2. The molecule has 0 aliphatic heterocycles. The lowest BCUT2D eigenvalue weighted by Crippen LogP contribution is -2.19. The zero-order valence-corrected chi connectivity index (χ0v) is 10.6. The summed E-state index contributed by atoms with van der Waals surface area (Å²) in [4.78, 5) is 14.2. The van der Waals surface area contributed by atoms with Gasteiger partial charge in [0, 0.05) is 0 Å². The molecular weight excluding hydrogens is 361 g/mol. The second-order valence-corrected chi connectivity index (χ2v) is 4.19. The summed E-state index contributed by atoms with van der Waals surface area (Å²) in [5, 5.41) is -0.938. The predicted octanol–water partition coefficient (Wildman–Crippen LogP) is 3.27. The maximum Gasteiger partial charge on any atom is 0.574 e. The summed E-state index contributed by atoms with van der Waals surface area (Å²) in [7, 11) is 0. The van der Waals surface area contributed by atoms with Crippen LogP contribution in [-0.2, 0) is 0 Å². The molecule has 0 radical (unpaired) electrons. The van der Waals surface area contributed by atoms with Gasteiger partial charge in [0.15, 0.2) is 0 Å². The summed E-state index contributed by atoms with van der Waals surface area (Å²) in [6, 6.07) is 1.29. The molecule has 0 saturated heterocycles. The Kier molecular flexibility index (Phi) is 4.00. The van der Waals surface area contributed by atoms with Crippen molar-refractivity contribution in [1.29, 1.82) is 0 Å². The molecule has 0 amide bonds. The zero-order chi connectivity index (χ0) is 12.5. The number of carbonyl (C=O) groups excluding carboxylic acids is 1. The number of hydrogen-bond acceptors (Lipinski definition) is 3. The van der Waals surface area contributed by atoms with Crippen LogP contribution in [0.1, 0.15) is 16.1 Å². The number of alkyl halides is 3. The lowest BCUT2D eigenvalue weighted by Gasteiger charge is -2.11. The van der Waals surface area contributed by atoms with Gasteiger partial charge in [-0.1, -0.05) is 0 Å². The van der Waals surface area contributed by atoms with E-state index in [4.69, 9.17) is 11.6 Å². The normalized spacial score (nSPS) is 11.4. The van der Waals surface area contributed by atoms with Crippen molar-refractivity contribution in [3.8, 4) is 5.88 Å². The van der Waals surface area contributed by atoms with Gasteiger partial charge in [-0.3, -0.25) is 4.79 Å². The molecule has 0 fully saturated rings. The van der Waals surface area contributed by atoms with Crippen molar-refractivity contribution in [3.63, 3.8) is 0 Å². The Morgan fingerprint density at radius 3 is 2.56 bits per heavy atom. The highest BCUT2D eigenvalue weighted by molar-refractivity contribution is 14.1. The molecule has 0 aliphatic carbocycles. The molecule has 0 spiro atoms. The molecule has 0 saturated carbocycles. The van der Waals surface area contributed by atoms with Crippen LogP contribution in [0.3, 0.4) is 0 Å². The summed E-state index contributed by atoms with van der Waals surface area (Å²) >= 11 is 6.77. The van der Waals surface area contributed by atoms with E-state index in [0.29, 0.717) is 5.56 Å². The van der Waals surface area contributed by atoms with Crippen molar-refractivity contribution in [2.75, 3.05) is 0 Å². The number of carbonyl (C=O) groups is 1. The smallest absolute Gasteiger partial charge is 0.387 e. The Bertz CT molecular complexity index is 436. The number of aryl methyl sites for hydroxylation is 1. The average Bonchev–Trinajstić information content (AvgIpc) is 2.10. The number of aromatic nitrogens is 1. The molecule has 0 N–H and O–H groups in total. The van der Waals surface area contributed by atoms with E-state index in [9.17, 15) is 18.0 Å².